The van der Waals surface area contributed by atoms with Gasteiger partial charge in [0, 0.05) is 0 Å². The van der Waals surface area contributed by atoms with Crippen molar-refractivity contribution >= 4 is 35.1 Å². The maximum atomic E-state index is 9.62. The summed E-state index contributed by atoms with van der Waals surface area (Å²) in [5.41, 5.74) is 2.69. The average Bonchev–Trinajstić information content (AvgIpc) is 2.70. The number of nitrogens with one attached hydrogen (secondary N) is 1. The van der Waals surface area contributed by atoms with Crippen LogP contribution < -0.4 is 3.26 Å². The summed E-state index contributed by atoms with van der Waals surface area (Å²) in [5.74, 6) is 0. The van der Waals surface area contributed by atoms with Gasteiger partial charge in [0.1, 0.15) is 0 Å². The SMILES string of the molecule is Cl.Cl.[CH2]=[Zr]([CH3])([CH2]CO)([NH]C(C)(C)C)[CH]1C=Cc2ccccc21. The first-order valence-electron chi connectivity index (χ1n) is 7.38. The molecule has 0 fully saturated rings. The van der Waals surface area contributed by atoms with Gasteiger partial charge in [-0.3, -0.25) is 0 Å². The van der Waals surface area contributed by atoms with Crippen LogP contribution in [0.15, 0.2) is 30.3 Å². The minimum absolute atomic E-state index is 0. The van der Waals surface area contributed by atoms with Crippen LogP contribution in [0.3, 0.4) is 0 Å². The standard InChI is InChI=1S/C9H7.C4H10N.C2H5O.CH3.CH2.2ClH.Zr/c1-2-5-9-7-3-6-8(9)4-1;1-4(2,3)5;1-2-3;;;;;/h1-7H;5H,1-3H3;3H,1-2H2;1H3;1H2;2*1H;/q;-1;;;;;;+1. The van der Waals surface area contributed by atoms with E-state index in [-0.39, 0.29) is 37.0 Å². The maximum absolute atomic E-state index is 9.62. The van der Waals surface area contributed by atoms with Crippen LogP contribution in [0.2, 0.25) is 8.76 Å². The summed E-state index contributed by atoms with van der Waals surface area (Å²) in [6.07, 6.45) is 4.51. The van der Waals surface area contributed by atoms with Gasteiger partial charge in [-0.1, -0.05) is 0 Å². The average molecular weight is 426 g/mol. The zero-order chi connectivity index (χ0) is 15.0. The molecule has 0 saturated heterocycles. The predicted molar refractivity (Wildman–Crippen MR) is 100 cm³/mol. The van der Waals surface area contributed by atoms with Gasteiger partial charge in [0.2, 0.25) is 0 Å². The Morgan fingerprint density at radius 2 is 1.82 bits per heavy atom. The Balaban J connectivity index is 0.00000220. The van der Waals surface area contributed by atoms with Gasteiger partial charge in [0.25, 0.3) is 0 Å². The van der Waals surface area contributed by atoms with E-state index < -0.39 is 18.6 Å². The summed E-state index contributed by atoms with van der Waals surface area (Å²) in [4.78, 5) is 0. The van der Waals surface area contributed by atoms with Gasteiger partial charge in [-0.2, -0.15) is 0 Å². The van der Waals surface area contributed by atoms with Gasteiger partial charge in [-0.05, 0) is 0 Å². The second kappa shape index (κ2) is 7.40. The van der Waals surface area contributed by atoms with Crippen LogP contribution in [-0.2, 0) is 18.6 Å². The first-order chi connectivity index (χ1) is 9.15. The van der Waals surface area contributed by atoms with Crippen LogP contribution in [0.25, 0.3) is 6.08 Å². The molecule has 2 N–H and O–H groups in total. The van der Waals surface area contributed by atoms with Crippen LogP contribution in [0.5, 0.6) is 0 Å². The number of hydrogen-bond donors (Lipinski definition) is 2. The molecule has 1 atom stereocenters. The number of allylic oxidation sites excluding steroid dienone is 1. The van der Waals surface area contributed by atoms with Crippen LogP contribution in [0.4, 0.5) is 0 Å². The summed E-state index contributed by atoms with van der Waals surface area (Å²) in [5, 5.41) is 9.62. The van der Waals surface area contributed by atoms with Crippen molar-refractivity contribution in [1.29, 1.82) is 0 Å². The van der Waals surface area contributed by atoms with Crippen molar-refractivity contribution in [2.75, 3.05) is 6.61 Å². The Labute approximate surface area is 148 Å². The number of halogens is 2. The molecule has 0 aromatic heterocycles. The van der Waals surface area contributed by atoms with Gasteiger partial charge in [-0.25, -0.2) is 0 Å². The summed E-state index contributed by atoms with van der Waals surface area (Å²) in [7, 11) is 0. The first kappa shape index (κ1) is 22.2. The molecule has 126 valence electrons. The second-order valence-corrected chi connectivity index (χ2v) is 22.9. The van der Waals surface area contributed by atoms with Gasteiger partial charge in [-0.15, -0.1) is 24.8 Å². The van der Waals surface area contributed by atoms with Crippen molar-refractivity contribution in [2.24, 2.45) is 0 Å². The molecule has 0 saturated carbocycles. The van der Waals surface area contributed by atoms with Gasteiger partial charge < -0.3 is 0 Å². The van der Waals surface area contributed by atoms with Crippen molar-refractivity contribution < 1.29 is 23.7 Å². The topological polar surface area (TPSA) is 32.3 Å². The molecular formula is C17H29Cl2NOZr. The van der Waals surface area contributed by atoms with E-state index in [1.807, 2.05) is 0 Å². The normalized spacial score (nSPS) is 17.5. The molecule has 1 aliphatic carbocycles. The third-order valence-corrected chi connectivity index (χ3v) is 17.6. The number of aliphatic hydroxyl groups is 1. The zero-order valence-corrected chi connectivity index (χ0v) is 18.0. The van der Waals surface area contributed by atoms with E-state index in [1.54, 1.807) is 0 Å². The van der Waals surface area contributed by atoms with E-state index in [1.165, 1.54) is 11.1 Å². The van der Waals surface area contributed by atoms with Crippen LogP contribution in [0, 0.1) is 0 Å². The van der Waals surface area contributed by atoms with Crippen molar-refractivity contribution in [3.63, 3.8) is 0 Å². The molecular weight excluding hydrogens is 396 g/mol. The Morgan fingerprint density at radius 1 is 1.23 bits per heavy atom. The number of benzene rings is 1. The molecule has 0 radical (unpaired) electrons. The van der Waals surface area contributed by atoms with E-state index >= 15 is 0 Å². The zero-order valence-electron chi connectivity index (χ0n) is 13.9. The van der Waals surface area contributed by atoms with Crippen LogP contribution >= 0.6 is 24.8 Å². The summed E-state index contributed by atoms with van der Waals surface area (Å²) < 4.78 is 12.1. The minimum atomic E-state index is -3.55. The Hall–Kier alpha value is 0.213. The molecule has 0 heterocycles. The van der Waals surface area contributed by atoms with Gasteiger partial charge >= 0.3 is 124 Å². The van der Waals surface area contributed by atoms with E-state index in [0.29, 0.717) is 3.63 Å². The molecule has 1 unspecified atom stereocenters. The molecule has 1 aromatic rings. The number of fused-ring (bicyclic) bond motifs is 1. The fraction of sp³-hybridized carbons (Fsp3) is 0.471. The summed E-state index contributed by atoms with van der Waals surface area (Å²) >= 11 is -3.55. The Morgan fingerprint density at radius 3 is 2.36 bits per heavy atom. The van der Waals surface area contributed by atoms with E-state index in [2.05, 4.69) is 65.1 Å². The van der Waals surface area contributed by atoms with Crippen molar-refractivity contribution in [1.82, 2.24) is 3.26 Å². The molecule has 5 heteroatoms. The second-order valence-electron chi connectivity index (χ2n) is 7.72. The van der Waals surface area contributed by atoms with E-state index in [4.69, 9.17) is 4.21 Å². The molecule has 0 spiro atoms. The van der Waals surface area contributed by atoms with Crippen LogP contribution in [0.1, 0.15) is 35.5 Å². The predicted octanol–water partition coefficient (Wildman–Crippen LogP) is 4.48. The molecule has 2 nitrogen and oxygen atoms in total. The van der Waals surface area contributed by atoms with E-state index in [0.717, 1.165) is 4.13 Å². The summed E-state index contributed by atoms with van der Waals surface area (Å²) in [6, 6.07) is 8.56. The number of hydrogen-bond acceptors (Lipinski definition) is 2. The van der Waals surface area contributed by atoms with Crippen molar-refractivity contribution in [3.05, 3.63) is 41.5 Å². The molecule has 0 aliphatic heterocycles. The fourth-order valence-electron chi connectivity index (χ4n) is 3.71. The molecule has 2 rings (SSSR count). The summed E-state index contributed by atoms with van der Waals surface area (Å²) in [6.45, 7) is 6.78. The third-order valence-electron chi connectivity index (χ3n) is 4.26. The number of rotatable bonds is 4. The number of aliphatic hydroxyl groups excluding tert-OH is 1. The third kappa shape index (κ3) is 4.61. The van der Waals surface area contributed by atoms with Gasteiger partial charge in [0.05, 0.1) is 0 Å². The molecule has 1 aromatic carbocycles. The molecule has 22 heavy (non-hydrogen) atoms. The quantitative estimate of drug-likeness (QED) is 0.746. The van der Waals surface area contributed by atoms with Crippen molar-refractivity contribution in [3.8, 4) is 0 Å². The van der Waals surface area contributed by atoms with E-state index in [9.17, 15) is 5.11 Å². The fourth-order valence-corrected chi connectivity index (χ4v) is 16.7. The van der Waals surface area contributed by atoms with Crippen LogP contribution in [-0.4, -0.2) is 21.5 Å². The Kier molecular flexibility index (Phi) is 7.48. The van der Waals surface area contributed by atoms with Crippen molar-refractivity contribution in [2.45, 2.75) is 38.7 Å². The molecule has 0 bridgehead atoms. The van der Waals surface area contributed by atoms with Gasteiger partial charge in [0.15, 0.2) is 0 Å². The molecule has 0 amide bonds. The Bertz CT molecular complexity index is 607. The monoisotopic (exact) mass is 423 g/mol. The molecule has 1 aliphatic rings. The first-order valence-corrected chi connectivity index (χ1v) is 16.0.